The zero-order chi connectivity index (χ0) is 17.2. The number of nitrogens with one attached hydrogen (secondary N) is 1. The van der Waals surface area contributed by atoms with Gasteiger partial charge in [0.05, 0.1) is 6.04 Å². The molecule has 2 aromatic rings. The van der Waals surface area contributed by atoms with Gasteiger partial charge in [0.2, 0.25) is 0 Å². The summed E-state index contributed by atoms with van der Waals surface area (Å²) >= 11 is 0. The highest BCUT2D eigenvalue weighted by Gasteiger charge is 2.29. The average Bonchev–Trinajstić information content (AvgIpc) is 2.66. The number of hydrogen-bond donors (Lipinski definition) is 1. The molecule has 5 heteroatoms. The Morgan fingerprint density at radius 1 is 1.16 bits per heavy atom. The van der Waals surface area contributed by atoms with Crippen molar-refractivity contribution in [1.29, 1.82) is 0 Å². The van der Waals surface area contributed by atoms with Gasteiger partial charge in [0, 0.05) is 13.1 Å². The van der Waals surface area contributed by atoms with Crippen LogP contribution < -0.4 is 14.8 Å². The number of rotatable bonds is 2. The Kier molecular flexibility index (Phi) is 4.22. The van der Waals surface area contributed by atoms with Gasteiger partial charge in [-0.05, 0) is 42.2 Å². The number of benzene rings is 2. The topological polar surface area (TPSA) is 50.8 Å². The monoisotopic (exact) mass is 338 g/mol. The molecule has 2 amide bonds. The van der Waals surface area contributed by atoms with Crippen molar-refractivity contribution in [2.75, 3.05) is 19.8 Å². The molecule has 1 unspecified atom stereocenters. The average molecular weight is 338 g/mol. The van der Waals surface area contributed by atoms with Gasteiger partial charge in [-0.2, -0.15) is 0 Å². The van der Waals surface area contributed by atoms with Crippen LogP contribution in [0.25, 0.3) is 0 Å². The fourth-order valence-corrected chi connectivity index (χ4v) is 3.51. The maximum absolute atomic E-state index is 12.6. The van der Waals surface area contributed by atoms with Gasteiger partial charge in [0.1, 0.15) is 13.2 Å². The minimum Gasteiger partial charge on any atom is -0.486 e. The summed E-state index contributed by atoms with van der Waals surface area (Å²) in [6.45, 7) is 4.47. The molecule has 0 fully saturated rings. The standard InChI is InChI=1S/C20H22N2O3/c1-14-17-12-19-18(24-9-10-25-19)11-16(17)7-8-22(14)20(23)21-13-15-5-3-2-4-6-15/h2-6,11-12,14H,7-10,13H2,1H3,(H,21,23). The van der Waals surface area contributed by atoms with Crippen LogP contribution in [0.1, 0.15) is 29.7 Å². The molecule has 2 aromatic carbocycles. The largest absolute Gasteiger partial charge is 0.486 e. The van der Waals surface area contributed by atoms with Crippen molar-refractivity contribution < 1.29 is 14.3 Å². The van der Waals surface area contributed by atoms with E-state index in [2.05, 4.69) is 18.3 Å². The van der Waals surface area contributed by atoms with Crippen LogP contribution in [0.15, 0.2) is 42.5 Å². The molecule has 0 saturated carbocycles. The van der Waals surface area contributed by atoms with Gasteiger partial charge in [0.15, 0.2) is 11.5 Å². The molecule has 2 aliphatic heterocycles. The van der Waals surface area contributed by atoms with Gasteiger partial charge in [-0.25, -0.2) is 4.79 Å². The molecule has 1 atom stereocenters. The third-order valence-corrected chi connectivity index (χ3v) is 4.89. The minimum atomic E-state index is -0.0307. The summed E-state index contributed by atoms with van der Waals surface area (Å²) in [5.74, 6) is 1.60. The highest BCUT2D eigenvalue weighted by Crippen LogP contribution is 2.39. The fourth-order valence-electron chi connectivity index (χ4n) is 3.51. The number of carbonyl (C=O) groups is 1. The molecule has 5 nitrogen and oxygen atoms in total. The molecule has 0 saturated heterocycles. The van der Waals surface area contributed by atoms with E-state index in [0.29, 0.717) is 26.3 Å². The molecule has 0 aliphatic carbocycles. The Bertz CT molecular complexity index is 776. The smallest absolute Gasteiger partial charge is 0.318 e. The summed E-state index contributed by atoms with van der Waals surface area (Å²) in [4.78, 5) is 14.5. The predicted molar refractivity (Wildman–Crippen MR) is 94.9 cm³/mol. The van der Waals surface area contributed by atoms with Crippen molar-refractivity contribution >= 4 is 6.03 Å². The van der Waals surface area contributed by atoms with Gasteiger partial charge in [-0.15, -0.1) is 0 Å². The van der Waals surface area contributed by atoms with E-state index < -0.39 is 0 Å². The zero-order valence-corrected chi connectivity index (χ0v) is 14.3. The van der Waals surface area contributed by atoms with Crippen LogP contribution in [-0.2, 0) is 13.0 Å². The third kappa shape index (κ3) is 3.14. The molecule has 4 rings (SSSR count). The third-order valence-electron chi connectivity index (χ3n) is 4.89. The van der Waals surface area contributed by atoms with Crippen molar-refractivity contribution in [2.24, 2.45) is 0 Å². The summed E-state index contributed by atoms with van der Waals surface area (Å²) in [7, 11) is 0. The minimum absolute atomic E-state index is 0.00958. The van der Waals surface area contributed by atoms with E-state index in [1.54, 1.807) is 0 Å². The highest BCUT2D eigenvalue weighted by molar-refractivity contribution is 5.75. The summed E-state index contributed by atoms with van der Waals surface area (Å²) in [6.07, 6.45) is 0.828. The Morgan fingerprint density at radius 2 is 1.88 bits per heavy atom. The quantitative estimate of drug-likeness (QED) is 0.914. The van der Waals surface area contributed by atoms with Crippen molar-refractivity contribution in [2.45, 2.75) is 25.9 Å². The zero-order valence-electron chi connectivity index (χ0n) is 14.3. The van der Waals surface area contributed by atoms with Crippen LogP contribution in [0.5, 0.6) is 11.5 Å². The van der Waals surface area contributed by atoms with Crippen LogP contribution >= 0.6 is 0 Å². The lowest BCUT2D eigenvalue weighted by Gasteiger charge is -2.36. The van der Waals surface area contributed by atoms with Crippen molar-refractivity contribution in [3.8, 4) is 11.5 Å². The number of carbonyl (C=O) groups excluding carboxylic acids is 1. The first-order valence-corrected chi connectivity index (χ1v) is 8.73. The van der Waals surface area contributed by atoms with E-state index in [-0.39, 0.29) is 12.1 Å². The first kappa shape index (κ1) is 15.8. The lowest BCUT2D eigenvalue weighted by Crippen LogP contribution is -2.44. The Balaban J connectivity index is 1.49. The van der Waals surface area contributed by atoms with E-state index >= 15 is 0 Å². The van der Waals surface area contributed by atoms with Crippen LogP contribution in [0.2, 0.25) is 0 Å². The first-order valence-electron chi connectivity index (χ1n) is 8.73. The lowest BCUT2D eigenvalue weighted by atomic mass is 9.93. The molecular formula is C20H22N2O3. The van der Waals surface area contributed by atoms with Crippen LogP contribution in [-0.4, -0.2) is 30.7 Å². The van der Waals surface area contributed by atoms with E-state index in [4.69, 9.17) is 9.47 Å². The highest BCUT2D eigenvalue weighted by atomic mass is 16.6. The van der Waals surface area contributed by atoms with Crippen LogP contribution in [0.3, 0.4) is 0 Å². The molecule has 0 radical (unpaired) electrons. The Morgan fingerprint density at radius 3 is 2.64 bits per heavy atom. The number of amides is 2. The first-order chi connectivity index (χ1) is 12.2. The maximum Gasteiger partial charge on any atom is 0.318 e. The van der Waals surface area contributed by atoms with E-state index in [1.165, 1.54) is 5.56 Å². The molecule has 130 valence electrons. The summed E-state index contributed by atoms with van der Waals surface area (Å²) in [5, 5.41) is 3.02. The second kappa shape index (κ2) is 6.67. The molecule has 0 spiro atoms. The fraction of sp³-hybridized carbons (Fsp3) is 0.350. The molecule has 0 bridgehead atoms. The SMILES string of the molecule is CC1c2cc3c(cc2CCN1C(=O)NCc1ccccc1)OCCO3. The predicted octanol–water partition coefficient (Wildman–Crippen LogP) is 3.29. The molecule has 2 aliphatic rings. The number of urea groups is 1. The number of ether oxygens (including phenoxy) is 2. The van der Waals surface area contributed by atoms with Gasteiger partial charge in [0.25, 0.3) is 0 Å². The van der Waals surface area contributed by atoms with E-state index in [1.807, 2.05) is 41.3 Å². The summed E-state index contributed by atoms with van der Waals surface area (Å²) < 4.78 is 11.4. The Hall–Kier alpha value is -2.69. The molecule has 2 heterocycles. The second-order valence-electron chi connectivity index (χ2n) is 6.46. The van der Waals surface area contributed by atoms with E-state index in [9.17, 15) is 4.79 Å². The van der Waals surface area contributed by atoms with E-state index in [0.717, 1.165) is 29.0 Å². The number of nitrogens with zero attached hydrogens (tertiary/aromatic N) is 1. The summed E-state index contributed by atoms with van der Waals surface area (Å²) in [5.41, 5.74) is 3.48. The Labute approximate surface area is 147 Å². The molecule has 0 aromatic heterocycles. The molecular weight excluding hydrogens is 316 g/mol. The van der Waals surface area contributed by atoms with Crippen LogP contribution in [0, 0.1) is 0 Å². The second-order valence-corrected chi connectivity index (χ2v) is 6.46. The molecule has 25 heavy (non-hydrogen) atoms. The lowest BCUT2D eigenvalue weighted by molar-refractivity contribution is 0.165. The molecule has 1 N–H and O–H groups in total. The summed E-state index contributed by atoms with van der Waals surface area (Å²) in [6, 6.07) is 14.0. The number of hydrogen-bond acceptors (Lipinski definition) is 3. The van der Waals surface area contributed by atoms with Gasteiger partial charge >= 0.3 is 6.03 Å². The van der Waals surface area contributed by atoms with Crippen molar-refractivity contribution in [3.63, 3.8) is 0 Å². The van der Waals surface area contributed by atoms with Crippen molar-refractivity contribution in [3.05, 3.63) is 59.2 Å². The van der Waals surface area contributed by atoms with Gasteiger partial charge < -0.3 is 19.7 Å². The normalized spacial score (nSPS) is 18.4. The van der Waals surface area contributed by atoms with Crippen molar-refractivity contribution in [1.82, 2.24) is 10.2 Å². The van der Waals surface area contributed by atoms with Crippen LogP contribution in [0.4, 0.5) is 4.79 Å². The van der Waals surface area contributed by atoms with Gasteiger partial charge in [-0.3, -0.25) is 0 Å². The number of fused-ring (bicyclic) bond motifs is 2. The maximum atomic E-state index is 12.6. The van der Waals surface area contributed by atoms with Gasteiger partial charge in [-0.1, -0.05) is 30.3 Å².